The monoisotopic (exact) mass is 342 g/mol. The molecule has 0 saturated heterocycles. The highest BCUT2D eigenvalue weighted by atomic mass is 32.2. The van der Waals surface area contributed by atoms with E-state index in [1.807, 2.05) is 13.8 Å². The number of sulfonamides is 1. The molecule has 2 N–H and O–H groups in total. The van der Waals surface area contributed by atoms with Gasteiger partial charge in [0.1, 0.15) is 12.4 Å². The molecule has 130 valence electrons. The lowest BCUT2D eigenvalue weighted by molar-refractivity contribution is 0.177. The fourth-order valence-electron chi connectivity index (χ4n) is 1.97. The van der Waals surface area contributed by atoms with Gasteiger partial charge in [-0.3, -0.25) is 4.31 Å². The van der Waals surface area contributed by atoms with Crippen LogP contribution in [0.4, 0.5) is 5.69 Å². The second-order valence-corrected chi connectivity index (χ2v) is 7.49. The van der Waals surface area contributed by atoms with Crippen molar-refractivity contribution < 1.29 is 18.3 Å². The van der Waals surface area contributed by atoms with Gasteiger partial charge in [-0.05, 0) is 12.1 Å². The van der Waals surface area contributed by atoms with Gasteiger partial charge in [0.05, 0.1) is 24.6 Å². The van der Waals surface area contributed by atoms with Crippen LogP contribution in [0.3, 0.4) is 0 Å². The largest absolute Gasteiger partial charge is 0.487 e. The number of hydrogen-bond acceptors (Lipinski definition) is 5. The summed E-state index contributed by atoms with van der Waals surface area (Å²) in [5.74, 6) is 0.432. The maximum absolute atomic E-state index is 12.2. The van der Waals surface area contributed by atoms with Gasteiger partial charge >= 0.3 is 0 Å². The Balaban J connectivity index is 3.01. The molecule has 0 aliphatic heterocycles. The fourth-order valence-corrected chi connectivity index (χ4v) is 2.93. The molecule has 0 saturated carbocycles. The van der Waals surface area contributed by atoms with E-state index >= 15 is 0 Å². The second-order valence-electron chi connectivity index (χ2n) is 5.58. The summed E-state index contributed by atoms with van der Waals surface area (Å²) in [4.78, 5) is 0. The molecule has 0 amide bonds. The Morgan fingerprint density at radius 3 is 2.61 bits per heavy atom. The van der Waals surface area contributed by atoms with Crippen LogP contribution in [0.2, 0.25) is 0 Å². The molecule has 1 aromatic carbocycles. The molecule has 6 nitrogen and oxygen atoms in total. The van der Waals surface area contributed by atoms with Crippen molar-refractivity contribution in [2.45, 2.75) is 26.0 Å². The third-order valence-electron chi connectivity index (χ3n) is 3.03. The van der Waals surface area contributed by atoms with E-state index in [4.69, 9.17) is 4.74 Å². The van der Waals surface area contributed by atoms with Gasteiger partial charge in [0, 0.05) is 12.6 Å². The third kappa shape index (κ3) is 6.60. The fraction of sp³-hybridized carbons (Fsp3) is 0.500. The van der Waals surface area contributed by atoms with Gasteiger partial charge in [0.25, 0.3) is 0 Å². The number of aliphatic hydroxyl groups is 1. The first-order valence-corrected chi connectivity index (χ1v) is 9.32. The van der Waals surface area contributed by atoms with Gasteiger partial charge in [-0.1, -0.05) is 38.6 Å². The molecule has 0 fully saturated rings. The molecular formula is C16H26N2O4S. The average molecular weight is 342 g/mol. The standard InChI is InChI=1S/C16H26N2O4S/c1-5-10-22-16-9-7-6-8-15(16)18(23(4,20)21)12-14(19)11-17-13(2)3/h5-9,13-14,17,19H,1,10-12H2,2-4H3. The van der Waals surface area contributed by atoms with E-state index in [-0.39, 0.29) is 19.2 Å². The molecule has 0 spiro atoms. The summed E-state index contributed by atoms with van der Waals surface area (Å²) in [5, 5.41) is 13.2. The van der Waals surface area contributed by atoms with Crippen LogP contribution in [0.15, 0.2) is 36.9 Å². The smallest absolute Gasteiger partial charge is 0.232 e. The summed E-state index contributed by atoms with van der Waals surface area (Å²) in [6, 6.07) is 7.05. The zero-order chi connectivity index (χ0) is 17.5. The number of hydrogen-bond donors (Lipinski definition) is 2. The Morgan fingerprint density at radius 1 is 1.39 bits per heavy atom. The van der Waals surface area contributed by atoms with E-state index < -0.39 is 16.1 Å². The summed E-state index contributed by atoms with van der Waals surface area (Å²) >= 11 is 0. The summed E-state index contributed by atoms with van der Waals surface area (Å²) in [7, 11) is -3.56. The maximum Gasteiger partial charge on any atom is 0.232 e. The van der Waals surface area contributed by atoms with Gasteiger partial charge in [-0.15, -0.1) is 0 Å². The Kier molecular flexibility index (Phi) is 7.54. The number of para-hydroxylation sites is 2. The number of benzene rings is 1. The summed E-state index contributed by atoms with van der Waals surface area (Å²) in [5.41, 5.74) is 0.403. The van der Waals surface area contributed by atoms with Crippen molar-refractivity contribution in [3.05, 3.63) is 36.9 Å². The normalized spacial score (nSPS) is 12.9. The minimum Gasteiger partial charge on any atom is -0.487 e. The highest BCUT2D eigenvalue weighted by Gasteiger charge is 2.24. The van der Waals surface area contributed by atoms with Crippen LogP contribution >= 0.6 is 0 Å². The van der Waals surface area contributed by atoms with E-state index in [0.29, 0.717) is 18.0 Å². The van der Waals surface area contributed by atoms with Crippen LogP contribution in [-0.2, 0) is 10.0 Å². The molecule has 0 aliphatic carbocycles. The number of nitrogens with zero attached hydrogens (tertiary/aromatic N) is 1. The average Bonchev–Trinajstić information content (AvgIpc) is 2.48. The highest BCUT2D eigenvalue weighted by molar-refractivity contribution is 7.92. The first-order chi connectivity index (χ1) is 10.8. The minimum atomic E-state index is -3.56. The number of ether oxygens (including phenoxy) is 1. The zero-order valence-corrected chi connectivity index (χ0v) is 14.7. The minimum absolute atomic E-state index is 0.0486. The van der Waals surface area contributed by atoms with Crippen LogP contribution in [0.5, 0.6) is 5.75 Å². The Labute approximate surface area is 138 Å². The van der Waals surface area contributed by atoms with Crippen molar-refractivity contribution in [2.75, 3.05) is 30.3 Å². The maximum atomic E-state index is 12.2. The van der Waals surface area contributed by atoms with Crippen molar-refractivity contribution in [3.63, 3.8) is 0 Å². The lowest BCUT2D eigenvalue weighted by Gasteiger charge is -2.27. The molecule has 0 heterocycles. The topological polar surface area (TPSA) is 78.9 Å². The van der Waals surface area contributed by atoms with Crippen LogP contribution in [0.25, 0.3) is 0 Å². The molecule has 1 atom stereocenters. The van der Waals surface area contributed by atoms with Crippen LogP contribution in [0, 0.1) is 0 Å². The molecule has 0 aliphatic rings. The summed E-state index contributed by atoms with van der Waals surface area (Å²) in [6.45, 7) is 8.02. The lowest BCUT2D eigenvalue weighted by atomic mass is 10.2. The number of anilines is 1. The SMILES string of the molecule is C=CCOc1ccccc1N(CC(O)CNC(C)C)S(C)(=O)=O. The third-order valence-corrected chi connectivity index (χ3v) is 4.18. The molecule has 0 radical (unpaired) electrons. The quantitative estimate of drug-likeness (QED) is 0.628. The number of aliphatic hydroxyl groups excluding tert-OH is 1. The van der Waals surface area contributed by atoms with Crippen molar-refractivity contribution in [1.82, 2.24) is 5.32 Å². The molecular weight excluding hydrogens is 316 g/mol. The van der Waals surface area contributed by atoms with E-state index in [1.54, 1.807) is 30.3 Å². The van der Waals surface area contributed by atoms with E-state index in [2.05, 4.69) is 11.9 Å². The molecule has 0 aromatic heterocycles. The first-order valence-electron chi connectivity index (χ1n) is 7.47. The molecule has 1 aromatic rings. The van der Waals surface area contributed by atoms with Gasteiger partial charge in [-0.25, -0.2) is 8.42 Å². The Morgan fingerprint density at radius 2 is 2.04 bits per heavy atom. The lowest BCUT2D eigenvalue weighted by Crippen LogP contribution is -2.42. The zero-order valence-electron chi connectivity index (χ0n) is 13.9. The van der Waals surface area contributed by atoms with Crippen molar-refractivity contribution in [2.24, 2.45) is 0 Å². The van der Waals surface area contributed by atoms with E-state index in [1.165, 1.54) is 0 Å². The molecule has 1 rings (SSSR count). The number of rotatable bonds is 10. The number of nitrogens with one attached hydrogen (secondary N) is 1. The Bertz CT molecular complexity index is 602. The summed E-state index contributed by atoms with van der Waals surface area (Å²) in [6.07, 6.45) is 1.86. The van der Waals surface area contributed by atoms with Crippen molar-refractivity contribution in [1.29, 1.82) is 0 Å². The van der Waals surface area contributed by atoms with Gasteiger partial charge in [0.15, 0.2) is 0 Å². The molecule has 1 unspecified atom stereocenters. The van der Waals surface area contributed by atoms with E-state index in [9.17, 15) is 13.5 Å². The van der Waals surface area contributed by atoms with Crippen molar-refractivity contribution >= 4 is 15.7 Å². The van der Waals surface area contributed by atoms with E-state index in [0.717, 1.165) is 10.6 Å². The van der Waals surface area contributed by atoms with Crippen molar-refractivity contribution in [3.8, 4) is 5.75 Å². The van der Waals surface area contributed by atoms with Gasteiger partial charge in [0.2, 0.25) is 10.0 Å². The van der Waals surface area contributed by atoms with Crippen LogP contribution in [-0.4, -0.2) is 51.6 Å². The predicted octanol–water partition coefficient (Wildman–Crippen LogP) is 1.38. The summed E-state index contributed by atoms with van der Waals surface area (Å²) < 4.78 is 31.0. The highest BCUT2D eigenvalue weighted by Crippen LogP contribution is 2.30. The predicted molar refractivity (Wildman–Crippen MR) is 93.5 cm³/mol. The van der Waals surface area contributed by atoms with Gasteiger partial charge in [-0.2, -0.15) is 0 Å². The Hall–Kier alpha value is -1.57. The van der Waals surface area contributed by atoms with Crippen LogP contribution < -0.4 is 14.4 Å². The second kappa shape index (κ2) is 8.90. The molecule has 7 heteroatoms. The molecule has 23 heavy (non-hydrogen) atoms. The van der Waals surface area contributed by atoms with Gasteiger partial charge < -0.3 is 15.2 Å². The first kappa shape index (κ1) is 19.5. The molecule has 0 bridgehead atoms. The van der Waals surface area contributed by atoms with Crippen LogP contribution in [0.1, 0.15) is 13.8 Å².